The first-order valence-corrected chi connectivity index (χ1v) is 18.9. The van der Waals surface area contributed by atoms with Crippen LogP contribution in [0.3, 0.4) is 0 Å². The van der Waals surface area contributed by atoms with Crippen LogP contribution in [0.15, 0.2) is 186 Å². The molecule has 0 saturated carbocycles. The second-order valence-corrected chi connectivity index (χ2v) is 14.4. The normalized spacial score (nSPS) is 12.2. The zero-order valence-corrected chi connectivity index (χ0v) is 30.0. The van der Waals surface area contributed by atoms with Crippen LogP contribution in [0.2, 0.25) is 0 Å². The van der Waals surface area contributed by atoms with Gasteiger partial charge in [0.25, 0.3) is 0 Å². The van der Waals surface area contributed by atoms with Crippen molar-refractivity contribution in [2.24, 2.45) is 0 Å². The Bertz CT molecular complexity index is 3380. The third-order valence-electron chi connectivity index (χ3n) is 11.2. The minimum atomic E-state index is 0.587. The molecular weight excluding hydrogens is 685 g/mol. The molecule has 0 bridgehead atoms. The summed E-state index contributed by atoms with van der Waals surface area (Å²) < 4.78 is 6.29. The number of para-hydroxylation sites is 1. The van der Waals surface area contributed by atoms with Crippen molar-refractivity contribution in [1.82, 2.24) is 15.0 Å². The topological polar surface area (TPSA) is 55.1 Å². The van der Waals surface area contributed by atoms with Crippen molar-refractivity contribution in [1.29, 1.82) is 0 Å². The summed E-state index contributed by atoms with van der Waals surface area (Å²) in [7, 11) is 0. The van der Waals surface area contributed by atoms with Gasteiger partial charge in [0.2, 0.25) is 0 Å². The van der Waals surface area contributed by atoms with Crippen molar-refractivity contribution in [2.45, 2.75) is 0 Å². The number of hydrogen-bond donors (Lipinski definition) is 0. The summed E-state index contributed by atoms with van der Waals surface area (Å²) >= 11 is 0. The van der Waals surface area contributed by atoms with Gasteiger partial charge >= 0.3 is 0 Å². The summed E-state index contributed by atoms with van der Waals surface area (Å²) in [4.78, 5) is 17.9. The third-order valence-corrected chi connectivity index (χ3v) is 11.2. The average Bonchev–Trinajstić information content (AvgIpc) is 3.64. The Morgan fingerprint density at radius 1 is 0.357 bits per heavy atom. The first-order valence-electron chi connectivity index (χ1n) is 18.9. The lowest BCUT2D eigenvalue weighted by Gasteiger charge is -2.35. The van der Waals surface area contributed by atoms with Crippen molar-refractivity contribution >= 4 is 71.3 Å². The minimum absolute atomic E-state index is 0.587. The number of benzene rings is 9. The van der Waals surface area contributed by atoms with E-state index in [0.29, 0.717) is 17.5 Å². The highest BCUT2D eigenvalue weighted by Crippen LogP contribution is 2.54. The molecule has 1 aliphatic rings. The molecule has 0 N–H and O–H groups in total. The number of anilines is 3. The van der Waals surface area contributed by atoms with Gasteiger partial charge in [-0.25, -0.2) is 15.0 Å². The van der Waals surface area contributed by atoms with E-state index in [1.165, 1.54) is 32.7 Å². The third kappa shape index (κ3) is 4.58. The molecule has 0 spiro atoms. The number of aromatic nitrogens is 3. The summed E-state index contributed by atoms with van der Waals surface area (Å²) in [5.74, 6) is 1.81. The number of nitrogens with zero attached hydrogens (tertiary/aromatic N) is 4. The van der Waals surface area contributed by atoms with Crippen LogP contribution in [0.1, 0.15) is 0 Å². The maximum absolute atomic E-state index is 6.29. The van der Waals surface area contributed by atoms with Crippen LogP contribution in [-0.2, 0) is 0 Å². The van der Waals surface area contributed by atoms with Gasteiger partial charge in [-0.05, 0) is 69.6 Å². The highest BCUT2D eigenvalue weighted by molar-refractivity contribution is 6.21. The molecule has 0 saturated heterocycles. The fraction of sp³-hybridized carbons (Fsp3) is 0. The van der Waals surface area contributed by atoms with Gasteiger partial charge in [0.05, 0.1) is 17.1 Å². The molecule has 0 radical (unpaired) electrons. The minimum Gasteiger partial charge on any atom is -0.456 e. The van der Waals surface area contributed by atoms with Gasteiger partial charge in [-0.2, -0.15) is 0 Å². The Labute approximate surface area is 321 Å². The predicted molar refractivity (Wildman–Crippen MR) is 230 cm³/mol. The Hall–Kier alpha value is -7.63. The molecule has 260 valence electrons. The van der Waals surface area contributed by atoms with Gasteiger partial charge in [0, 0.05) is 43.8 Å². The molecule has 56 heavy (non-hydrogen) atoms. The smallest absolute Gasteiger partial charge is 0.164 e. The molecule has 12 rings (SSSR count). The molecule has 3 heterocycles. The second-order valence-electron chi connectivity index (χ2n) is 14.4. The first-order chi connectivity index (χ1) is 27.8. The van der Waals surface area contributed by atoms with Crippen molar-refractivity contribution in [3.63, 3.8) is 0 Å². The lowest BCUT2D eigenvalue weighted by molar-refractivity contribution is 0.669. The maximum atomic E-state index is 6.29. The Morgan fingerprint density at radius 2 is 1.02 bits per heavy atom. The fourth-order valence-corrected chi connectivity index (χ4v) is 8.71. The highest BCUT2D eigenvalue weighted by atomic mass is 16.3. The van der Waals surface area contributed by atoms with Gasteiger partial charge in [-0.15, -0.1) is 0 Å². The maximum Gasteiger partial charge on any atom is 0.164 e. The zero-order chi connectivity index (χ0) is 36.7. The summed E-state index contributed by atoms with van der Waals surface area (Å²) in [6.45, 7) is 0. The lowest BCUT2D eigenvalue weighted by Crippen LogP contribution is -2.15. The number of fused-ring (bicyclic) bond motifs is 8. The van der Waals surface area contributed by atoms with Gasteiger partial charge < -0.3 is 9.32 Å². The quantitative estimate of drug-likeness (QED) is 0.182. The van der Waals surface area contributed by atoms with Crippen LogP contribution in [-0.4, -0.2) is 15.0 Å². The van der Waals surface area contributed by atoms with Gasteiger partial charge in [0.15, 0.2) is 17.5 Å². The SMILES string of the molecule is c1ccc(-c2nc(-c3ccc4c(c3)oc3ccccc34)nc(-c3ccc(N4c5ccc6ccccc6c5-c5cccc6cccc4c56)c4ccccc34)n2)cc1. The molecule has 0 aliphatic carbocycles. The molecule has 5 heteroatoms. The molecule has 0 fully saturated rings. The van der Waals surface area contributed by atoms with Crippen LogP contribution in [0.4, 0.5) is 17.1 Å². The standard InChI is InChI=1S/C51H30N4O/c1-2-13-33(14-3-1)49-52-50(34-24-26-39-38-20-8-9-23-45(38)56-46(39)30-34)54-51(53-49)40-27-29-42(37-19-7-6-18-36(37)40)55-43-22-11-16-32-15-10-21-41(47(32)43)48-35-17-5-4-12-31(35)25-28-44(48)55/h1-30H. The van der Waals surface area contributed by atoms with E-state index in [9.17, 15) is 0 Å². The van der Waals surface area contributed by atoms with E-state index in [4.69, 9.17) is 19.4 Å². The van der Waals surface area contributed by atoms with Crippen LogP contribution in [0.5, 0.6) is 0 Å². The van der Waals surface area contributed by atoms with E-state index in [0.717, 1.165) is 66.5 Å². The van der Waals surface area contributed by atoms with Crippen LogP contribution in [0, 0.1) is 0 Å². The molecule has 0 amide bonds. The molecule has 0 atom stereocenters. The van der Waals surface area contributed by atoms with Crippen molar-refractivity contribution in [3.05, 3.63) is 182 Å². The zero-order valence-electron chi connectivity index (χ0n) is 30.0. The molecule has 0 unspecified atom stereocenters. The Balaban J connectivity index is 1.09. The number of rotatable bonds is 4. The predicted octanol–water partition coefficient (Wildman–Crippen LogP) is 13.7. The summed E-state index contributed by atoms with van der Waals surface area (Å²) in [6.07, 6.45) is 0. The average molecular weight is 715 g/mol. The number of hydrogen-bond acceptors (Lipinski definition) is 5. The number of furan rings is 1. The molecule has 9 aromatic carbocycles. The van der Waals surface area contributed by atoms with Gasteiger partial charge in [-0.1, -0.05) is 140 Å². The second kappa shape index (κ2) is 11.9. The molecule has 11 aromatic rings. The van der Waals surface area contributed by atoms with E-state index in [-0.39, 0.29) is 0 Å². The Kier molecular flexibility index (Phi) is 6.56. The van der Waals surface area contributed by atoms with Crippen LogP contribution in [0.25, 0.3) is 99.5 Å². The van der Waals surface area contributed by atoms with Crippen molar-refractivity contribution < 1.29 is 4.42 Å². The van der Waals surface area contributed by atoms with Gasteiger partial charge in [-0.3, -0.25) is 0 Å². The summed E-state index contributed by atoms with van der Waals surface area (Å²) in [5.41, 5.74) is 10.3. The molecule has 5 nitrogen and oxygen atoms in total. The monoisotopic (exact) mass is 714 g/mol. The van der Waals surface area contributed by atoms with Gasteiger partial charge in [0.1, 0.15) is 11.2 Å². The fourth-order valence-electron chi connectivity index (χ4n) is 8.71. The molecular formula is C51H30N4O. The summed E-state index contributed by atoms with van der Waals surface area (Å²) in [5, 5.41) is 9.25. The molecule has 1 aliphatic heterocycles. The van der Waals surface area contributed by atoms with E-state index in [1.807, 2.05) is 54.6 Å². The van der Waals surface area contributed by atoms with E-state index in [2.05, 4.69) is 132 Å². The Morgan fingerprint density at radius 3 is 1.89 bits per heavy atom. The van der Waals surface area contributed by atoms with Crippen LogP contribution >= 0.6 is 0 Å². The largest absolute Gasteiger partial charge is 0.456 e. The summed E-state index contributed by atoms with van der Waals surface area (Å²) in [6, 6.07) is 64.0. The first kappa shape index (κ1) is 30.8. The molecule has 2 aromatic heterocycles. The van der Waals surface area contributed by atoms with E-state index >= 15 is 0 Å². The highest BCUT2D eigenvalue weighted by Gasteiger charge is 2.29. The van der Waals surface area contributed by atoms with Crippen LogP contribution < -0.4 is 4.90 Å². The van der Waals surface area contributed by atoms with Crippen molar-refractivity contribution in [3.8, 4) is 45.3 Å². The van der Waals surface area contributed by atoms with E-state index in [1.54, 1.807) is 0 Å². The van der Waals surface area contributed by atoms with E-state index < -0.39 is 0 Å². The lowest BCUT2D eigenvalue weighted by atomic mass is 9.87. The van der Waals surface area contributed by atoms with Crippen molar-refractivity contribution in [2.75, 3.05) is 4.90 Å².